The quantitative estimate of drug-likeness (QED) is 0.724. The molecule has 0 N–H and O–H groups in total. The molecule has 2 aliphatic heterocycles. The van der Waals surface area contributed by atoms with Crippen molar-refractivity contribution in [1.82, 2.24) is 4.90 Å². The molecular formula is C15H14Cl2N2O3S2. The van der Waals surface area contributed by atoms with Gasteiger partial charge in [-0.15, -0.1) is 6.58 Å². The van der Waals surface area contributed by atoms with Crippen molar-refractivity contribution in [3.05, 3.63) is 46.5 Å². The van der Waals surface area contributed by atoms with Gasteiger partial charge in [-0.3, -0.25) is 4.79 Å². The predicted octanol–water partition coefficient (Wildman–Crippen LogP) is 2.89. The van der Waals surface area contributed by atoms with Gasteiger partial charge < -0.3 is 4.90 Å². The number of sulfone groups is 1. The first-order chi connectivity index (χ1) is 11.3. The van der Waals surface area contributed by atoms with Gasteiger partial charge in [0, 0.05) is 16.8 Å². The molecule has 0 aromatic heterocycles. The molecule has 1 aromatic carbocycles. The van der Waals surface area contributed by atoms with Gasteiger partial charge in [0.25, 0.3) is 5.91 Å². The number of carbonyl (C=O) groups is 1. The molecule has 2 aliphatic rings. The van der Waals surface area contributed by atoms with Crippen molar-refractivity contribution in [2.24, 2.45) is 4.99 Å². The molecule has 9 heteroatoms. The molecule has 1 aromatic rings. The van der Waals surface area contributed by atoms with Gasteiger partial charge in [-0.05, 0) is 18.2 Å². The average molecular weight is 405 g/mol. The first-order valence-electron chi connectivity index (χ1n) is 7.13. The second-order valence-corrected chi connectivity index (χ2v) is 9.77. The Hall–Kier alpha value is -1.02. The van der Waals surface area contributed by atoms with E-state index in [0.29, 0.717) is 16.7 Å². The van der Waals surface area contributed by atoms with Crippen LogP contribution in [0, 0.1) is 0 Å². The van der Waals surface area contributed by atoms with E-state index in [4.69, 9.17) is 23.2 Å². The molecule has 3 rings (SSSR count). The third-order valence-electron chi connectivity index (χ3n) is 3.86. The number of hydrogen-bond acceptors (Lipinski definition) is 4. The minimum Gasteiger partial charge on any atom is -0.342 e. The smallest absolute Gasteiger partial charge is 0.280 e. The summed E-state index contributed by atoms with van der Waals surface area (Å²) in [7, 11) is -3.04. The van der Waals surface area contributed by atoms with Crippen molar-refractivity contribution in [2.45, 2.75) is 11.3 Å². The van der Waals surface area contributed by atoms with E-state index >= 15 is 0 Å². The SMILES string of the molecule is C=CCN1C(=NC(=O)c2ccc(Cl)cc2Cl)S[C@H]2CS(=O)(=O)C[C@@H]21. The number of amides is 1. The van der Waals surface area contributed by atoms with Crippen LogP contribution >= 0.6 is 35.0 Å². The lowest BCUT2D eigenvalue weighted by molar-refractivity contribution is 0.100. The van der Waals surface area contributed by atoms with Crippen LogP contribution in [0.3, 0.4) is 0 Å². The first kappa shape index (κ1) is 17.8. The average Bonchev–Trinajstić information content (AvgIpc) is 2.92. The van der Waals surface area contributed by atoms with E-state index in [9.17, 15) is 13.2 Å². The molecule has 24 heavy (non-hydrogen) atoms. The van der Waals surface area contributed by atoms with Crippen LogP contribution < -0.4 is 0 Å². The minimum atomic E-state index is -3.04. The highest BCUT2D eigenvalue weighted by molar-refractivity contribution is 8.15. The number of rotatable bonds is 3. The molecule has 5 nitrogen and oxygen atoms in total. The second kappa shape index (κ2) is 6.71. The number of fused-ring (bicyclic) bond motifs is 1. The van der Waals surface area contributed by atoms with E-state index in [1.165, 1.54) is 23.9 Å². The highest BCUT2D eigenvalue weighted by atomic mass is 35.5. The Balaban J connectivity index is 1.89. The number of benzene rings is 1. The van der Waals surface area contributed by atoms with E-state index in [1.807, 2.05) is 4.90 Å². The Kier molecular flexibility index (Phi) is 4.97. The molecule has 2 heterocycles. The topological polar surface area (TPSA) is 66.8 Å². The van der Waals surface area contributed by atoms with Crippen LogP contribution in [0.4, 0.5) is 0 Å². The zero-order valence-corrected chi connectivity index (χ0v) is 15.6. The third kappa shape index (κ3) is 3.49. The molecule has 0 aliphatic carbocycles. The number of aliphatic imine (C=N–C) groups is 1. The number of halogens is 2. The maximum atomic E-state index is 12.4. The summed E-state index contributed by atoms with van der Waals surface area (Å²) in [6, 6.07) is 4.41. The lowest BCUT2D eigenvalue weighted by Crippen LogP contribution is -2.37. The lowest BCUT2D eigenvalue weighted by atomic mass is 10.2. The maximum absolute atomic E-state index is 12.4. The third-order valence-corrected chi connectivity index (χ3v) is 7.65. The summed E-state index contributed by atoms with van der Waals surface area (Å²) < 4.78 is 23.6. The fourth-order valence-electron chi connectivity index (χ4n) is 2.80. The summed E-state index contributed by atoms with van der Waals surface area (Å²) >= 11 is 13.2. The minimum absolute atomic E-state index is 0.0768. The molecule has 1 amide bonds. The molecule has 0 saturated carbocycles. The first-order valence-corrected chi connectivity index (χ1v) is 10.6. The fourth-order valence-corrected chi connectivity index (χ4v) is 7.25. The number of thioether (sulfide) groups is 1. The molecule has 2 saturated heterocycles. The van der Waals surface area contributed by atoms with Crippen molar-refractivity contribution >= 4 is 55.9 Å². The monoisotopic (exact) mass is 404 g/mol. The summed E-state index contributed by atoms with van der Waals surface area (Å²) in [5.74, 6) is -0.297. The van der Waals surface area contributed by atoms with E-state index in [-0.39, 0.29) is 33.4 Å². The van der Waals surface area contributed by atoms with E-state index < -0.39 is 15.7 Å². The number of amidine groups is 1. The standard InChI is InChI=1S/C15H14Cl2N2O3S2/c1-2-5-19-12-7-24(21,22)8-13(12)23-15(19)18-14(20)10-4-3-9(16)6-11(10)17/h2-4,6,12-13H,1,5,7-8H2/t12-,13-/m0/s1. The van der Waals surface area contributed by atoms with Crippen LogP contribution in [0.25, 0.3) is 0 Å². The molecule has 2 atom stereocenters. The van der Waals surface area contributed by atoms with Gasteiger partial charge in [-0.1, -0.05) is 41.0 Å². The van der Waals surface area contributed by atoms with Gasteiger partial charge in [-0.2, -0.15) is 4.99 Å². The zero-order valence-electron chi connectivity index (χ0n) is 12.5. The highest BCUT2D eigenvalue weighted by Crippen LogP contribution is 2.38. The predicted molar refractivity (Wildman–Crippen MR) is 99.0 cm³/mol. The van der Waals surface area contributed by atoms with Crippen molar-refractivity contribution in [1.29, 1.82) is 0 Å². The molecule has 2 fully saturated rings. The molecule has 0 unspecified atom stereocenters. The van der Waals surface area contributed by atoms with Gasteiger partial charge in [0.1, 0.15) is 0 Å². The van der Waals surface area contributed by atoms with Gasteiger partial charge in [0.2, 0.25) is 0 Å². The van der Waals surface area contributed by atoms with Crippen LogP contribution in [-0.4, -0.2) is 53.7 Å². The number of nitrogens with zero attached hydrogens (tertiary/aromatic N) is 2. The van der Waals surface area contributed by atoms with E-state index in [2.05, 4.69) is 11.6 Å². The Morgan fingerprint density at radius 1 is 1.42 bits per heavy atom. The van der Waals surface area contributed by atoms with Crippen LogP contribution in [-0.2, 0) is 9.84 Å². The second-order valence-electron chi connectivity index (χ2n) is 5.57. The van der Waals surface area contributed by atoms with E-state index in [1.54, 1.807) is 12.1 Å². The summed E-state index contributed by atoms with van der Waals surface area (Å²) in [6.45, 7) is 4.13. The molecule has 0 spiro atoms. The van der Waals surface area contributed by atoms with Crippen molar-refractivity contribution in [2.75, 3.05) is 18.1 Å². The zero-order chi connectivity index (χ0) is 17.5. The van der Waals surface area contributed by atoms with Crippen LogP contribution in [0.5, 0.6) is 0 Å². The number of carbonyl (C=O) groups excluding carboxylic acids is 1. The van der Waals surface area contributed by atoms with E-state index in [0.717, 1.165) is 0 Å². The van der Waals surface area contributed by atoms with Crippen LogP contribution in [0.15, 0.2) is 35.8 Å². The van der Waals surface area contributed by atoms with Crippen LogP contribution in [0.2, 0.25) is 10.0 Å². The lowest BCUT2D eigenvalue weighted by Gasteiger charge is -2.22. The van der Waals surface area contributed by atoms with Gasteiger partial charge in [0.05, 0.1) is 28.1 Å². The largest absolute Gasteiger partial charge is 0.342 e. The molecular weight excluding hydrogens is 391 g/mol. The normalized spacial score (nSPS) is 26.6. The van der Waals surface area contributed by atoms with Crippen molar-refractivity contribution in [3.63, 3.8) is 0 Å². The Morgan fingerprint density at radius 2 is 2.17 bits per heavy atom. The summed E-state index contributed by atoms with van der Waals surface area (Å²) in [5, 5.41) is 1.07. The maximum Gasteiger partial charge on any atom is 0.280 e. The number of hydrogen-bond donors (Lipinski definition) is 0. The fraction of sp³-hybridized carbons (Fsp3) is 0.333. The summed E-state index contributed by atoms with van der Waals surface area (Å²) in [6.07, 6.45) is 1.67. The van der Waals surface area contributed by atoms with Crippen molar-refractivity contribution in [3.8, 4) is 0 Å². The Labute approximate surface area is 154 Å². The van der Waals surface area contributed by atoms with Gasteiger partial charge in [0.15, 0.2) is 15.0 Å². The Morgan fingerprint density at radius 3 is 2.83 bits per heavy atom. The highest BCUT2D eigenvalue weighted by Gasteiger charge is 2.48. The Bertz CT molecular complexity index is 839. The summed E-state index contributed by atoms with van der Waals surface area (Å²) in [4.78, 5) is 18.4. The summed E-state index contributed by atoms with van der Waals surface area (Å²) in [5.41, 5.74) is 0.261. The van der Waals surface area contributed by atoms with Crippen molar-refractivity contribution < 1.29 is 13.2 Å². The molecule has 0 radical (unpaired) electrons. The van der Waals surface area contributed by atoms with Gasteiger partial charge in [-0.25, -0.2) is 8.42 Å². The van der Waals surface area contributed by atoms with Crippen LogP contribution in [0.1, 0.15) is 10.4 Å². The molecule has 128 valence electrons. The molecule has 0 bridgehead atoms. The van der Waals surface area contributed by atoms with Gasteiger partial charge >= 0.3 is 0 Å².